The number of hydrogen-bond acceptors (Lipinski definition) is 2. The van der Waals surface area contributed by atoms with Gasteiger partial charge in [-0.2, -0.15) is 0 Å². The van der Waals surface area contributed by atoms with Crippen LogP contribution in [0.3, 0.4) is 0 Å². The molecule has 96 valence electrons. The molecule has 1 aromatic rings. The predicted molar refractivity (Wildman–Crippen MR) is 78.4 cm³/mol. The molecule has 4 heteroatoms. The third kappa shape index (κ3) is 4.16. The zero-order chi connectivity index (χ0) is 12.8. The molecule has 0 fully saturated rings. The van der Waals surface area contributed by atoms with Crippen LogP contribution in [0.25, 0.3) is 0 Å². The van der Waals surface area contributed by atoms with Crippen LogP contribution >= 0.6 is 27.5 Å². The Kier molecular flexibility index (Phi) is 6.31. The number of nitrogens with zero attached hydrogens (tertiary/aromatic N) is 1. The maximum absolute atomic E-state index is 6.08. The first kappa shape index (κ1) is 14.8. The first-order valence-corrected chi connectivity index (χ1v) is 7.20. The zero-order valence-electron chi connectivity index (χ0n) is 10.5. The van der Waals surface area contributed by atoms with Gasteiger partial charge in [0.05, 0.1) is 6.61 Å². The van der Waals surface area contributed by atoms with E-state index in [0.717, 1.165) is 16.9 Å². The van der Waals surface area contributed by atoms with Gasteiger partial charge >= 0.3 is 0 Å². The van der Waals surface area contributed by atoms with Crippen LogP contribution in [-0.2, 0) is 10.1 Å². The number of anilines is 1. The lowest BCUT2D eigenvalue weighted by molar-refractivity contribution is 0.204. The van der Waals surface area contributed by atoms with Gasteiger partial charge in [0, 0.05) is 35.7 Å². The minimum atomic E-state index is 0.418. The van der Waals surface area contributed by atoms with Crippen molar-refractivity contribution in [2.45, 2.75) is 25.2 Å². The molecule has 1 rings (SSSR count). The second kappa shape index (κ2) is 7.24. The molecule has 0 bridgehead atoms. The standard InChI is InChI=1S/C13H19BrClNO/c1-10(2)16(6-7-17-3)13-8-12(15)5-4-11(13)9-14/h4-5,8,10H,6-7,9H2,1-3H3. The number of alkyl halides is 1. The fourth-order valence-corrected chi connectivity index (χ4v) is 2.40. The van der Waals surface area contributed by atoms with E-state index >= 15 is 0 Å². The quantitative estimate of drug-likeness (QED) is 0.732. The second-order valence-electron chi connectivity index (χ2n) is 4.19. The van der Waals surface area contributed by atoms with Gasteiger partial charge < -0.3 is 9.64 Å². The van der Waals surface area contributed by atoms with Gasteiger partial charge in [0.25, 0.3) is 0 Å². The molecule has 1 aromatic carbocycles. The van der Waals surface area contributed by atoms with Crippen LogP contribution in [-0.4, -0.2) is 26.3 Å². The Morgan fingerprint density at radius 1 is 1.41 bits per heavy atom. The molecule has 0 heterocycles. The largest absolute Gasteiger partial charge is 0.383 e. The highest BCUT2D eigenvalue weighted by atomic mass is 79.9. The lowest BCUT2D eigenvalue weighted by Crippen LogP contribution is -2.34. The van der Waals surface area contributed by atoms with Gasteiger partial charge in [-0.25, -0.2) is 0 Å². The monoisotopic (exact) mass is 319 g/mol. The Hall–Kier alpha value is -0.250. The summed E-state index contributed by atoms with van der Waals surface area (Å²) in [6.45, 7) is 5.93. The molecule has 0 N–H and O–H groups in total. The van der Waals surface area contributed by atoms with Crippen LogP contribution in [0.2, 0.25) is 5.02 Å². The summed E-state index contributed by atoms with van der Waals surface area (Å²) in [4.78, 5) is 2.31. The van der Waals surface area contributed by atoms with Crippen molar-refractivity contribution in [1.82, 2.24) is 0 Å². The third-order valence-electron chi connectivity index (χ3n) is 2.66. The van der Waals surface area contributed by atoms with Crippen LogP contribution < -0.4 is 4.90 Å². The number of benzene rings is 1. The molecular weight excluding hydrogens is 302 g/mol. The van der Waals surface area contributed by atoms with Gasteiger partial charge in [-0.15, -0.1) is 0 Å². The fraction of sp³-hybridized carbons (Fsp3) is 0.538. The molecule has 0 amide bonds. The second-order valence-corrected chi connectivity index (χ2v) is 5.18. The van der Waals surface area contributed by atoms with Crippen LogP contribution in [0.1, 0.15) is 19.4 Å². The average molecular weight is 321 g/mol. The summed E-state index contributed by atoms with van der Waals surface area (Å²) in [5.74, 6) is 0. The third-order valence-corrected chi connectivity index (χ3v) is 3.50. The fourth-order valence-electron chi connectivity index (χ4n) is 1.76. The van der Waals surface area contributed by atoms with Gasteiger partial charge in [0.15, 0.2) is 0 Å². The van der Waals surface area contributed by atoms with Crippen molar-refractivity contribution in [1.29, 1.82) is 0 Å². The maximum Gasteiger partial charge on any atom is 0.0637 e. The number of hydrogen-bond donors (Lipinski definition) is 0. The van der Waals surface area contributed by atoms with Gasteiger partial charge in [0.1, 0.15) is 0 Å². The van der Waals surface area contributed by atoms with Crippen molar-refractivity contribution in [2.24, 2.45) is 0 Å². The van der Waals surface area contributed by atoms with Crippen LogP contribution in [0, 0.1) is 0 Å². The van der Waals surface area contributed by atoms with Crippen molar-refractivity contribution in [3.63, 3.8) is 0 Å². The molecule has 0 unspecified atom stereocenters. The Morgan fingerprint density at radius 3 is 2.65 bits per heavy atom. The minimum Gasteiger partial charge on any atom is -0.383 e. The first-order valence-electron chi connectivity index (χ1n) is 5.70. The highest BCUT2D eigenvalue weighted by Gasteiger charge is 2.14. The van der Waals surface area contributed by atoms with E-state index < -0.39 is 0 Å². The van der Waals surface area contributed by atoms with E-state index in [0.29, 0.717) is 12.6 Å². The molecule has 0 saturated heterocycles. The van der Waals surface area contributed by atoms with Crippen molar-refractivity contribution >= 4 is 33.2 Å². The first-order chi connectivity index (χ1) is 8.10. The minimum absolute atomic E-state index is 0.418. The van der Waals surface area contributed by atoms with E-state index in [1.54, 1.807) is 7.11 Å². The number of methoxy groups -OCH3 is 1. The summed E-state index contributed by atoms with van der Waals surface area (Å²) in [5.41, 5.74) is 2.43. The van der Waals surface area contributed by atoms with E-state index in [-0.39, 0.29) is 0 Å². The van der Waals surface area contributed by atoms with Crippen LogP contribution in [0.15, 0.2) is 18.2 Å². The number of halogens is 2. The molecule has 0 radical (unpaired) electrons. The van der Waals surface area contributed by atoms with E-state index in [1.165, 1.54) is 11.3 Å². The normalized spacial score (nSPS) is 10.9. The van der Waals surface area contributed by atoms with Gasteiger partial charge in [-0.05, 0) is 31.5 Å². The lowest BCUT2D eigenvalue weighted by atomic mass is 10.1. The molecule has 0 aromatic heterocycles. The summed E-state index contributed by atoms with van der Waals surface area (Å²) >= 11 is 9.60. The molecule has 0 aliphatic heterocycles. The topological polar surface area (TPSA) is 12.5 Å². The smallest absolute Gasteiger partial charge is 0.0637 e. The summed E-state index contributed by atoms with van der Waals surface area (Å²) in [6, 6.07) is 6.43. The number of rotatable bonds is 6. The number of ether oxygens (including phenoxy) is 1. The molecule has 0 saturated carbocycles. The van der Waals surface area contributed by atoms with Crippen LogP contribution in [0.4, 0.5) is 5.69 Å². The predicted octanol–water partition coefficient (Wildman–Crippen LogP) is 4.10. The van der Waals surface area contributed by atoms with Crippen molar-refractivity contribution in [3.8, 4) is 0 Å². The summed E-state index contributed by atoms with van der Waals surface area (Å²) in [6.07, 6.45) is 0. The molecule has 17 heavy (non-hydrogen) atoms. The molecule has 0 aliphatic rings. The SMILES string of the molecule is COCCN(c1cc(Cl)ccc1CBr)C(C)C. The average Bonchev–Trinajstić information content (AvgIpc) is 2.29. The lowest BCUT2D eigenvalue weighted by Gasteiger charge is -2.30. The van der Waals surface area contributed by atoms with Gasteiger partial charge in [-0.3, -0.25) is 0 Å². The maximum atomic E-state index is 6.08. The summed E-state index contributed by atoms with van der Waals surface area (Å²) in [5, 5.41) is 1.60. The Labute approximate surface area is 117 Å². The molecule has 2 nitrogen and oxygen atoms in total. The van der Waals surface area contributed by atoms with E-state index in [1.807, 2.05) is 12.1 Å². The van der Waals surface area contributed by atoms with Crippen molar-refractivity contribution in [3.05, 3.63) is 28.8 Å². The Morgan fingerprint density at radius 2 is 2.12 bits per heavy atom. The molecule has 0 atom stereocenters. The van der Waals surface area contributed by atoms with Crippen LogP contribution in [0.5, 0.6) is 0 Å². The van der Waals surface area contributed by atoms with Crippen molar-refractivity contribution in [2.75, 3.05) is 25.2 Å². The van der Waals surface area contributed by atoms with Gasteiger partial charge in [-0.1, -0.05) is 33.6 Å². The van der Waals surface area contributed by atoms with E-state index in [9.17, 15) is 0 Å². The van der Waals surface area contributed by atoms with Crippen molar-refractivity contribution < 1.29 is 4.74 Å². The summed E-state index contributed by atoms with van der Waals surface area (Å²) in [7, 11) is 1.72. The summed E-state index contributed by atoms with van der Waals surface area (Å²) < 4.78 is 5.16. The van der Waals surface area contributed by atoms with E-state index in [4.69, 9.17) is 16.3 Å². The van der Waals surface area contributed by atoms with Gasteiger partial charge in [0.2, 0.25) is 0 Å². The molecule has 0 spiro atoms. The Bertz CT molecular complexity index is 357. The molecule has 0 aliphatic carbocycles. The highest BCUT2D eigenvalue weighted by molar-refractivity contribution is 9.08. The zero-order valence-corrected chi connectivity index (χ0v) is 12.9. The molecular formula is C13H19BrClNO. The van der Waals surface area contributed by atoms with E-state index in [2.05, 4.69) is 40.7 Å². The highest BCUT2D eigenvalue weighted by Crippen LogP contribution is 2.28. The Balaban J connectivity index is 3.02.